The lowest BCUT2D eigenvalue weighted by atomic mass is 9.95. The van der Waals surface area contributed by atoms with E-state index in [4.69, 9.17) is 0 Å². The molecular weight excluding hydrogens is 222 g/mol. The highest BCUT2D eigenvalue weighted by Crippen LogP contribution is 2.30. The summed E-state index contributed by atoms with van der Waals surface area (Å²) in [5.74, 6) is 2.00. The minimum atomic E-state index is 0.575. The Morgan fingerprint density at radius 1 is 1.17 bits per heavy atom. The fourth-order valence-corrected chi connectivity index (χ4v) is 3.29. The maximum atomic E-state index is 4.55. The van der Waals surface area contributed by atoms with E-state index in [-0.39, 0.29) is 0 Å². The van der Waals surface area contributed by atoms with Crippen molar-refractivity contribution in [2.24, 2.45) is 5.92 Å². The summed E-state index contributed by atoms with van der Waals surface area (Å²) in [5, 5.41) is 0. The van der Waals surface area contributed by atoms with Crippen LogP contribution < -0.4 is 4.90 Å². The van der Waals surface area contributed by atoms with E-state index >= 15 is 0 Å². The first-order valence-electron chi connectivity index (χ1n) is 7.26. The molecule has 2 aliphatic heterocycles. The number of hydrogen-bond acceptors (Lipinski definition) is 3. The van der Waals surface area contributed by atoms with Gasteiger partial charge in [0.2, 0.25) is 0 Å². The topological polar surface area (TPSA) is 19.4 Å². The molecule has 18 heavy (non-hydrogen) atoms. The zero-order valence-corrected chi connectivity index (χ0v) is 11.3. The molecule has 2 unspecified atom stereocenters. The van der Waals surface area contributed by atoms with Gasteiger partial charge in [0.25, 0.3) is 0 Å². The van der Waals surface area contributed by atoms with Crippen LogP contribution in [-0.4, -0.2) is 35.7 Å². The van der Waals surface area contributed by atoms with Crippen LogP contribution >= 0.6 is 0 Å². The molecular formula is C15H23N3. The minimum Gasteiger partial charge on any atom is -0.341 e. The molecule has 0 N–H and O–H groups in total. The molecule has 0 saturated carbocycles. The second-order valence-corrected chi connectivity index (χ2v) is 5.73. The first kappa shape index (κ1) is 12.0. The van der Waals surface area contributed by atoms with Crippen LogP contribution in [0.3, 0.4) is 0 Å². The van der Waals surface area contributed by atoms with Crippen molar-refractivity contribution in [1.82, 2.24) is 9.88 Å². The van der Waals surface area contributed by atoms with Crippen molar-refractivity contribution in [3.8, 4) is 0 Å². The molecule has 1 aromatic heterocycles. The molecule has 3 heterocycles. The lowest BCUT2D eigenvalue weighted by Gasteiger charge is -2.43. The van der Waals surface area contributed by atoms with Crippen molar-refractivity contribution in [1.29, 1.82) is 0 Å². The van der Waals surface area contributed by atoms with Crippen LogP contribution in [0.1, 0.15) is 32.6 Å². The van der Waals surface area contributed by atoms with Gasteiger partial charge in [0, 0.05) is 25.8 Å². The van der Waals surface area contributed by atoms with E-state index in [2.05, 4.69) is 33.8 Å². The highest BCUT2D eigenvalue weighted by atomic mass is 15.4. The maximum absolute atomic E-state index is 4.55. The summed E-state index contributed by atoms with van der Waals surface area (Å²) < 4.78 is 0. The van der Waals surface area contributed by atoms with Gasteiger partial charge in [0.15, 0.2) is 0 Å². The van der Waals surface area contributed by atoms with Gasteiger partial charge in [0.1, 0.15) is 5.82 Å². The SMILES string of the molecule is CC1CCN(c2ccccn2)C(N2CCCC2)C1. The molecule has 2 saturated heterocycles. The average molecular weight is 245 g/mol. The summed E-state index contributed by atoms with van der Waals surface area (Å²) in [6, 6.07) is 6.25. The standard InChI is InChI=1S/C15H23N3/c1-13-7-11-18(14-6-2-3-8-16-14)15(12-13)17-9-4-5-10-17/h2-3,6,8,13,15H,4-5,7,9-12H2,1H3. The van der Waals surface area contributed by atoms with E-state index in [0.717, 1.165) is 18.3 Å². The van der Waals surface area contributed by atoms with Crippen LogP contribution in [0, 0.1) is 5.92 Å². The monoisotopic (exact) mass is 245 g/mol. The Morgan fingerprint density at radius 2 is 2.00 bits per heavy atom. The third-order valence-corrected chi connectivity index (χ3v) is 4.34. The van der Waals surface area contributed by atoms with Crippen molar-refractivity contribution in [2.75, 3.05) is 24.5 Å². The number of hydrogen-bond donors (Lipinski definition) is 0. The molecule has 3 rings (SSSR count). The van der Waals surface area contributed by atoms with Gasteiger partial charge in [-0.15, -0.1) is 0 Å². The summed E-state index contributed by atoms with van der Waals surface area (Å²) in [5.41, 5.74) is 0. The number of nitrogens with zero attached hydrogens (tertiary/aromatic N) is 3. The molecule has 3 heteroatoms. The Morgan fingerprint density at radius 3 is 2.72 bits per heavy atom. The highest BCUT2D eigenvalue weighted by molar-refractivity contribution is 5.39. The maximum Gasteiger partial charge on any atom is 0.129 e. The summed E-state index contributed by atoms with van der Waals surface area (Å²) in [6.07, 6.45) is 7.79. The molecule has 2 aliphatic rings. The summed E-state index contributed by atoms with van der Waals surface area (Å²) >= 11 is 0. The molecule has 0 aliphatic carbocycles. The molecule has 0 amide bonds. The van der Waals surface area contributed by atoms with Crippen LogP contribution in [0.5, 0.6) is 0 Å². The zero-order valence-electron chi connectivity index (χ0n) is 11.3. The van der Waals surface area contributed by atoms with Gasteiger partial charge in [0.05, 0.1) is 6.17 Å². The number of likely N-dealkylation sites (tertiary alicyclic amines) is 1. The lowest BCUT2D eigenvalue weighted by Crippen LogP contribution is -2.52. The Labute approximate surface area is 110 Å². The van der Waals surface area contributed by atoms with Crippen molar-refractivity contribution in [3.05, 3.63) is 24.4 Å². The summed E-state index contributed by atoms with van der Waals surface area (Å²) in [7, 11) is 0. The van der Waals surface area contributed by atoms with Crippen molar-refractivity contribution < 1.29 is 0 Å². The number of anilines is 1. The Hall–Kier alpha value is -1.09. The van der Waals surface area contributed by atoms with Gasteiger partial charge in [-0.2, -0.15) is 0 Å². The van der Waals surface area contributed by atoms with Crippen LogP contribution in [0.15, 0.2) is 24.4 Å². The van der Waals surface area contributed by atoms with E-state index in [1.54, 1.807) is 0 Å². The van der Waals surface area contributed by atoms with Crippen molar-refractivity contribution in [3.63, 3.8) is 0 Å². The van der Waals surface area contributed by atoms with E-state index in [1.165, 1.54) is 38.8 Å². The van der Waals surface area contributed by atoms with Crippen molar-refractivity contribution in [2.45, 2.75) is 38.8 Å². The average Bonchev–Trinajstić information content (AvgIpc) is 2.93. The number of aromatic nitrogens is 1. The molecule has 2 fully saturated rings. The smallest absolute Gasteiger partial charge is 0.129 e. The van der Waals surface area contributed by atoms with Gasteiger partial charge in [-0.1, -0.05) is 13.0 Å². The van der Waals surface area contributed by atoms with Gasteiger partial charge < -0.3 is 4.90 Å². The zero-order chi connectivity index (χ0) is 12.4. The summed E-state index contributed by atoms with van der Waals surface area (Å²) in [4.78, 5) is 9.72. The predicted molar refractivity (Wildman–Crippen MR) is 74.6 cm³/mol. The highest BCUT2D eigenvalue weighted by Gasteiger charge is 2.32. The molecule has 1 aromatic rings. The van der Waals surface area contributed by atoms with Gasteiger partial charge in [-0.05, 0) is 43.7 Å². The van der Waals surface area contributed by atoms with Gasteiger partial charge in [-0.3, -0.25) is 4.90 Å². The molecule has 0 spiro atoms. The van der Waals surface area contributed by atoms with Crippen molar-refractivity contribution >= 4 is 5.82 Å². The quantitative estimate of drug-likeness (QED) is 0.798. The Balaban J connectivity index is 1.81. The van der Waals surface area contributed by atoms with E-state index in [0.29, 0.717) is 6.17 Å². The second kappa shape index (κ2) is 5.27. The largest absolute Gasteiger partial charge is 0.341 e. The first-order chi connectivity index (χ1) is 8.84. The normalized spacial score (nSPS) is 29.7. The first-order valence-corrected chi connectivity index (χ1v) is 7.26. The number of piperidine rings is 1. The van der Waals surface area contributed by atoms with E-state index < -0.39 is 0 Å². The number of rotatable bonds is 2. The molecule has 0 radical (unpaired) electrons. The molecule has 0 bridgehead atoms. The van der Waals surface area contributed by atoms with Crippen LogP contribution in [0.4, 0.5) is 5.82 Å². The molecule has 3 nitrogen and oxygen atoms in total. The Bertz CT molecular complexity index is 373. The number of pyridine rings is 1. The third-order valence-electron chi connectivity index (χ3n) is 4.34. The molecule has 98 valence electrons. The molecule has 2 atom stereocenters. The Kier molecular flexibility index (Phi) is 3.50. The van der Waals surface area contributed by atoms with Gasteiger partial charge >= 0.3 is 0 Å². The lowest BCUT2D eigenvalue weighted by molar-refractivity contribution is 0.174. The molecule has 0 aromatic carbocycles. The minimum absolute atomic E-state index is 0.575. The second-order valence-electron chi connectivity index (χ2n) is 5.73. The third kappa shape index (κ3) is 2.37. The van der Waals surface area contributed by atoms with E-state index in [9.17, 15) is 0 Å². The van der Waals surface area contributed by atoms with E-state index in [1.807, 2.05) is 12.3 Å². The van der Waals surface area contributed by atoms with Gasteiger partial charge in [-0.25, -0.2) is 4.98 Å². The van der Waals surface area contributed by atoms with Crippen LogP contribution in [0.25, 0.3) is 0 Å². The fourth-order valence-electron chi connectivity index (χ4n) is 3.29. The fraction of sp³-hybridized carbons (Fsp3) is 0.667. The predicted octanol–water partition coefficient (Wildman–Crippen LogP) is 2.74. The van der Waals surface area contributed by atoms with Crippen LogP contribution in [-0.2, 0) is 0 Å². The summed E-state index contributed by atoms with van der Waals surface area (Å²) in [6.45, 7) is 6.07. The van der Waals surface area contributed by atoms with Crippen LogP contribution in [0.2, 0.25) is 0 Å².